The molecule has 2 aromatic carbocycles. The predicted octanol–water partition coefficient (Wildman–Crippen LogP) is 3.08. The molecule has 102 valence electrons. The number of hydrogen-bond acceptors (Lipinski definition) is 2. The Morgan fingerprint density at radius 3 is 2.60 bits per heavy atom. The molecule has 1 atom stereocenters. The van der Waals surface area contributed by atoms with Gasteiger partial charge in [-0.05, 0) is 37.1 Å². The van der Waals surface area contributed by atoms with E-state index in [1.165, 1.54) is 5.56 Å². The maximum absolute atomic E-state index is 12.6. The highest BCUT2D eigenvalue weighted by Crippen LogP contribution is 2.28. The molecule has 1 N–H and O–H groups in total. The van der Waals surface area contributed by atoms with Gasteiger partial charge in [-0.25, -0.2) is 0 Å². The minimum absolute atomic E-state index is 0.124. The fourth-order valence-electron chi connectivity index (χ4n) is 2.65. The molecule has 0 aromatic heterocycles. The van der Waals surface area contributed by atoms with E-state index >= 15 is 0 Å². The van der Waals surface area contributed by atoms with E-state index in [2.05, 4.69) is 11.4 Å². The van der Waals surface area contributed by atoms with Crippen LogP contribution in [0.2, 0.25) is 0 Å². The van der Waals surface area contributed by atoms with Crippen molar-refractivity contribution in [2.45, 2.75) is 19.4 Å². The zero-order valence-corrected chi connectivity index (χ0v) is 11.5. The highest BCUT2D eigenvalue weighted by Gasteiger charge is 2.27. The molecule has 1 heterocycles. The smallest absolute Gasteiger partial charge is 0.249 e. The second kappa shape index (κ2) is 5.37. The van der Waals surface area contributed by atoms with Crippen LogP contribution in [0.15, 0.2) is 54.6 Å². The molecule has 3 rings (SSSR count). The van der Waals surface area contributed by atoms with Gasteiger partial charge in [-0.1, -0.05) is 36.4 Å². The van der Waals surface area contributed by atoms with Crippen molar-refractivity contribution in [2.75, 3.05) is 16.8 Å². The first-order valence-corrected chi connectivity index (χ1v) is 6.96. The van der Waals surface area contributed by atoms with E-state index in [4.69, 9.17) is 0 Å². The Bertz CT molecular complexity index is 609. The minimum Gasteiger partial charge on any atom is -0.374 e. The van der Waals surface area contributed by atoms with E-state index in [-0.39, 0.29) is 11.9 Å². The molecule has 0 unspecified atom stereocenters. The molecule has 0 aliphatic carbocycles. The van der Waals surface area contributed by atoms with Crippen molar-refractivity contribution in [1.82, 2.24) is 0 Å². The molecule has 2 aromatic rings. The van der Waals surface area contributed by atoms with Gasteiger partial charge in [0.25, 0.3) is 0 Å². The average Bonchev–Trinajstić information content (AvgIpc) is 2.91. The van der Waals surface area contributed by atoms with Gasteiger partial charge in [-0.15, -0.1) is 0 Å². The van der Waals surface area contributed by atoms with Crippen molar-refractivity contribution < 1.29 is 4.79 Å². The summed E-state index contributed by atoms with van der Waals surface area (Å²) in [5.74, 6) is 0.124. The summed E-state index contributed by atoms with van der Waals surface area (Å²) in [5.41, 5.74) is 3.29. The number of hydrogen-bond donors (Lipinski definition) is 1. The molecule has 0 fully saturated rings. The lowest BCUT2D eigenvalue weighted by atomic mass is 10.2. The summed E-state index contributed by atoms with van der Waals surface area (Å²) in [5, 5.41) is 3.26. The number of benzene rings is 2. The molecule has 1 amide bonds. The van der Waals surface area contributed by atoms with Gasteiger partial charge >= 0.3 is 0 Å². The molecule has 20 heavy (non-hydrogen) atoms. The van der Waals surface area contributed by atoms with Gasteiger partial charge in [-0.2, -0.15) is 0 Å². The summed E-state index contributed by atoms with van der Waals surface area (Å²) in [6, 6.07) is 17.7. The van der Waals surface area contributed by atoms with Crippen LogP contribution >= 0.6 is 0 Å². The Morgan fingerprint density at radius 1 is 1.10 bits per heavy atom. The molecule has 0 saturated heterocycles. The summed E-state index contributed by atoms with van der Waals surface area (Å²) >= 11 is 0. The van der Waals surface area contributed by atoms with Crippen LogP contribution in [0.1, 0.15) is 12.5 Å². The number of para-hydroxylation sites is 2. The van der Waals surface area contributed by atoms with Crippen LogP contribution in [0.4, 0.5) is 11.4 Å². The molecule has 0 spiro atoms. The lowest BCUT2D eigenvalue weighted by molar-refractivity contribution is -0.118. The van der Waals surface area contributed by atoms with Gasteiger partial charge in [0.05, 0.1) is 0 Å². The molecule has 1 aliphatic rings. The van der Waals surface area contributed by atoms with Gasteiger partial charge in [0, 0.05) is 17.9 Å². The number of carbonyl (C=O) groups excluding carboxylic acids is 1. The molecule has 3 nitrogen and oxygen atoms in total. The maximum atomic E-state index is 12.6. The van der Waals surface area contributed by atoms with Crippen molar-refractivity contribution in [2.24, 2.45) is 0 Å². The molecular weight excluding hydrogens is 248 g/mol. The van der Waals surface area contributed by atoms with Crippen molar-refractivity contribution >= 4 is 17.3 Å². The van der Waals surface area contributed by atoms with E-state index in [9.17, 15) is 4.79 Å². The first-order valence-electron chi connectivity index (χ1n) is 6.96. The highest BCUT2D eigenvalue weighted by molar-refractivity contribution is 6.00. The zero-order valence-electron chi connectivity index (χ0n) is 11.5. The fourth-order valence-corrected chi connectivity index (χ4v) is 2.65. The lowest BCUT2D eigenvalue weighted by Gasteiger charge is -2.23. The second-order valence-electron chi connectivity index (χ2n) is 5.10. The second-order valence-corrected chi connectivity index (χ2v) is 5.10. The Morgan fingerprint density at radius 2 is 1.80 bits per heavy atom. The van der Waals surface area contributed by atoms with Crippen molar-refractivity contribution in [3.63, 3.8) is 0 Å². The number of fused-ring (bicyclic) bond motifs is 1. The Hall–Kier alpha value is -2.29. The number of rotatable bonds is 3. The largest absolute Gasteiger partial charge is 0.374 e. The Balaban J connectivity index is 1.74. The number of nitrogens with zero attached hydrogens (tertiary/aromatic N) is 1. The van der Waals surface area contributed by atoms with Gasteiger partial charge < -0.3 is 10.2 Å². The van der Waals surface area contributed by atoms with Crippen LogP contribution < -0.4 is 10.2 Å². The van der Waals surface area contributed by atoms with E-state index in [0.717, 1.165) is 24.3 Å². The van der Waals surface area contributed by atoms with Gasteiger partial charge in [0.15, 0.2) is 0 Å². The molecule has 1 aliphatic heterocycles. The SMILES string of the molecule is C[C@H](Nc1ccccc1)C(=O)N1CCc2ccccc21. The van der Waals surface area contributed by atoms with Gasteiger partial charge in [0.2, 0.25) is 5.91 Å². The first kappa shape index (κ1) is 12.7. The number of amides is 1. The van der Waals surface area contributed by atoms with Crippen molar-refractivity contribution in [3.8, 4) is 0 Å². The average molecular weight is 266 g/mol. The van der Waals surface area contributed by atoms with Crippen molar-refractivity contribution in [1.29, 1.82) is 0 Å². The zero-order chi connectivity index (χ0) is 13.9. The third-order valence-corrected chi connectivity index (χ3v) is 3.68. The normalized spacial score (nSPS) is 14.8. The van der Waals surface area contributed by atoms with Gasteiger partial charge in [-0.3, -0.25) is 4.79 Å². The van der Waals surface area contributed by atoms with E-state index in [0.29, 0.717) is 0 Å². The summed E-state index contributed by atoms with van der Waals surface area (Å²) in [6.45, 7) is 2.69. The van der Waals surface area contributed by atoms with E-state index in [1.54, 1.807) is 0 Å². The van der Waals surface area contributed by atoms with Crippen LogP contribution in [0.3, 0.4) is 0 Å². The van der Waals surface area contributed by atoms with Crippen LogP contribution in [0, 0.1) is 0 Å². The van der Waals surface area contributed by atoms with E-state index < -0.39 is 0 Å². The molecular formula is C17H18N2O. The minimum atomic E-state index is -0.233. The Labute approximate surface area is 119 Å². The first-order chi connectivity index (χ1) is 9.75. The summed E-state index contributed by atoms with van der Waals surface area (Å²) in [4.78, 5) is 14.5. The highest BCUT2D eigenvalue weighted by atomic mass is 16.2. The topological polar surface area (TPSA) is 32.3 Å². The number of anilines is 2. The fraction of sp³-hybridized carbons (Fsp3) is 0.235. The maximum Gasteiger partial charge on any atom is 0.249 e. The monoisotopic (exact) mass is 266 g/mol. The summed E-state index contributed by atoms with van der Waals surface area (Å²) < 4.78 is 0. The number of carbonyl (C=O) groups is 1. The Kier molecular flexibility index (Phi) is 3.42. The third-order valence-electron chi connectivity index (χ3n) is 3.68. The summed E-state index contributed by atoms with van der Waals surface area (Å²) in [6.07, 6.45) is 0.944. The standard InChI is InChI=1S/C17H18N2O/c1-13(18-15-8-3-2-4-9-15)17(20)19-12-11-14-7-5-6-10-16(14)19/h2-10,13,18H,11-12H2,1H3/t13-/m0/s1. The van der Waals surface area contributed by atoms with Crippen LogP contribution in [0.5, 0.6) is 0 Å². The quantitative estimate of drug-likeness (QED) is 0.926. The summed E-state index contributed by atoms with van der Waals surface area (Å²) in [7, 11) is 0. The molecule has 0 bridgehead atoms. The van der Waals surface area contributed by atoms with Crippen LogP contribution in [0.25, 0.3) is 0 Å². The predicted molar refractivity (Wildman–Crippen MR) is 82.0 cm³/mol. The molecule has 0 radical (unpaired) electrons. The molecule has 0 saturated carbocycles. The number of nitrogens with one attached hydrogen (secondary N) is 1. The van der Waals surface area contributed by atoms with E-state index in [1.807, 2.05) is 60.4 Å². The lowest BCUT2D eigenvalue weighted by Crippen LogP contribution is -2.40. The van der Waals surface area contributed by atoms with Crippen LogP contribution in [-0.2, 0) is 11.2 Å². The van der Waals surface area contributed by atoms with Crippen molar-refractivity contribution in [3.05, 3.63) is 60.2 Å². The van der Waals surface area contributed by atoms with Gasteiger partial charge in [0.1, 0.15) is 6.04 Å². The third kappa shape index (κ3) is 2.39. The van der Waals surface area contributed by atoms with Crippen LogP contribution in [-0.4, -0.2) is 18.5 Å². The molecule has 3 heteroatoms.